The maximum absolute atomic E-state index is 2.85. The van der Waals surface area contributed by atoms with Gasteiger partial charge in [0.1, 0.15) is 0 Å². The molecule has 10 aromatic rings. The van der Waals surface area contributed by atoms with E-state index in [1.54, 1.807) is 0 Å². The first-order valence-electron chi connectivity index (χ1n) is 20.4. The second-order valence-electron chi connectivity index (χ2n) is 15.3. The van der Waals surface area contributed by atoms with Crippen molar-refractivity contribution in [3.05, 3.63) is 243 Å². The molecule has 59 heavy (non-hydrogen) atoms. The van der Waals surface area contributed by atoms with Gasteiger partial charge >= 0.3 is 0 Å². The highest BCUT2D eigenvalue weighted by atomic mass is 28.3. The number of para-hydroxylation sites is 2. The van der Waals surface area contributed by atoms with Gasteiger partial charge in [0, 0.05) is 33.8 Å². The van der Waals surface area contributed by atoms with Gasteiger partial charge in [0.05, 0.1) is 5.69 Å². The minimum absolute atomic E-state index is 1.10. The molecule has 0 aliphatic carbocycles. The van der Waals surface area contributed by atoms with Crippen LogP contribution >= 0.6 is 0 Å². The van der Waals surface area contributed by atoms with Crippen LogP contribution < -0.4 is 30.5 Å². The molecule has 0 aromatic heterocycles. The van der Waals surface area contributed by atoms with Crippen molar-refractivity contribution in [3.63, 3.8) is 0 Å². The molecule has 0 atom stereocenters. The Morgan fingerprint density at radius 2 is 0.847 bits per heavy atom. The molecule has 0 amide bonds. The first-order chi connectivity index (χ1) is 29.3. The fourth-order valence-corrected chi connectivity index (χ4v) is 14.6. The minimum Gasteiger partial charge on any atom is -0.311 e. The maximum Gasteiger partial charge on any atom is 0.184 e. The summed E-state index contributed by atoms with van der Waals surface area (Å²) >= 11 is 0. The van der Waals surface area contributed by atoms with E-state index in [0.29, 0.717) is 0 Å². The number of nitrogens with zero attached hydrogens (tertiary/aromatic N) is 2. The summed E-state index contributed by atoms with van der Waals surface area (Å²) < 4.78 is 0. The smallest absolute Gasteiger partial charge is 0.184 e. The lowest BCUT2D eigenvalue weighted by Crippen LogP contribution is -2.77. The number of hydrogen-bond acceptors (Lipinski definition) is 2. The summed E-state index contributed by atoms with van der Waals surface area (Å²) in [6.07, 6.45) is 0. The van der Waals surface area contributed by atoms with Crippen LogP contribution in [0.1, 0.15) is 0 Å². The molecule has 0 saturated heterocycles. The highest BCUT2D eigenvalue weighted by Gasteiger charge is 2.49. The molecule has 0 N–H and O–H groups in total. The van der Waals surface area contributed by atoms with Crippen LogP contribution in [0, 0.1) is 0 Å². The van der Waals surface area contributed by atoms with Crippen LogP contribution in [0.25, 0.3) is 32.7 Å². The standard InChI is InChI=1S/C56H40N2Si/c1-5-19-41(20-6-1)42-33-35-45(36-34-42)57(53-39-43-21-13-14-28-49(43)50-29-15-16-30-51(50)53)46-37-38-56-54(40-46)58(44-22-7-2-8-23-44)52-31-17-18-32-55(52)59(56,47-24-9-3-10-25-47)48-26-11-4-12-27-48/h1-40H. The zero-order valence-corrected chi connectivity index (χ0v) is 33.5. The Kier molecular flexibility index (Phi) is 8.53. The van der Waals surface area contributed by atoms with Crippen molar-refractivity contribution in [2.75, 3.05) is 9.80 Å². The van der Waals surface area contributed by atoms with Crippen LogP contribution in [-0.2, 0) is 0 Å². The molecule has 0 saturated carbocycles. The molecule has 1 aliphatic heterocycles. The van der Waals surface area contributed by atoms with Crippen molar-refractivity contribution in [2.24, 2.45) is 0 Å². The zero-order valence-electron chi connectivity index (χ0n) is 32.5. The lowest BCUT2D eigenvalue weighted by molar-refractivity contribution is 1.26. The van der Waals surface area contributed by atoms with Gasteiger partial charge in [-0.3, -0.25) is 0 Å². The molecule has 0 spiro atoms. The molecule has 0 unspecified atom stereocenters. The largest absolute Gasteiger partial charge is 0.311 e. The van der Waals surface area contributed by atoms with E-state index >= 15 is 0 Å². The first-order valence-corrected chi connectivity index (χ1v) is 22.4. The van der Waals surface area contributed by atoms with Gasteiger partial charge in [0.15, 0.2) is 8.07 Å². The molecule has 1 heterocycles. The SMILES string of the molecule is c1ccc(-c2ccc(N(c3ccc4c(c3)N(c3ccccc3)c3ccccc3[Si]4(c3ccccc3)c3ccccc3)c3cc4ccccc4c4ccccc34)cc2)cc1. The Morgan fingerprint density at radius 1 is 0.339 bits per heavy atom. The topological polar surface area (TPSA) is 6.48 Å². The summed E-state index contributed by atoms with van der Waals surface area (Å²) in [7, 11) is -2.85. The van der Waals surface area contributed by atoms with Gasteiger partial charge in [-0.05, 0) is 96.6 Å². The molecule has 10 aromatic carbocycles. The van der Waals surface area contributed by atoms with Crippen molar-refractivity contribution in [2.45, 2.75) is 0 Å². The highest BCUT2D eigenvalue weighted by molar-refractivity contribution is 7.21. The molecule has 3 heteroatoms. The van der Waals surface area contributed by atoms with Gasteiger partial charge in [-0.1, -0.05) is 194 Å². The Morgan fingerprint density at radius 3 is 1.54 bits per heavy atom. The summed E-state index contributed by atoms with van der Waals surface area (Å²) in [5.41, 5.74) is 9.29. The molecular formula is C56H40N2Si. The van der Waals surface area contributed by atoms with Crippen LogP contribution in [0.15, 0.2) is 243 Å². The third-order valence-electron chi connectivity index (χ3n) is 12.1. The summed E-state index contributed by atoms with van der Waals surface area (Å²) in [5.74, 6) is 0. The minimum atomic E-state index is -2.85. The Hall–Kier alpha value is -7.46. The van der Waals surface area contributed by atoms with E-state index in [9.17, 15) is 0 Å². The average Bonchev–Trinajstić information content (AvgIpc) is 3.32. The molecular weight excluding hydrogens is 729 g/mol. The van der Waals surface area contributed by atoms with Gasteiger partial charge in [0.2, 0.25) is 0 Å². The summed E-state index contributed by atoms with van der Waals surface area (Å²) in [6, 6.07) is 89.5. The summed E-state index contributed by atoms with van der Waals surface area (Å²) in [6.45, 7) is 0. The number of rotatable bonds is 7. The van der Waals surface area contributed by atoms with E-state index in [4.69, 9.17) is 0 Å². The van der Waals surface area contributed by atoms with Crippen molar-refractivity contribution >= 4 is 84.5 Å². The molecule has 1 aliphatic rings. The van der Waals surface area contributed by atoms with Gasteiger partial charge in [-0.15, -0.1) is 0 Å². The van der Waals surface area contributed by atoms with Gasteiger partial charge < -0.3 is 9.80 Å². The molecule has 0 radical (unpaired) electrons. The molecule has 11 rings (SSSR count). The molecule has 0 fully saturated rings. The van der Waals surface area contributed by atoms with Crippen molar-refractivity contribution in [1.29, 1.82) is 0 Å². The molecule has 278 valence electrons. The lowest BCUT2D eigenvalue weighted by atomic mass is 9.98. The predicted molar refractivity (Wildman–Crippen MR) is 253 cm³/mol. The lowest BCUT2D eigenvalue weighted by Gasteiger charge is -2.45. The van der Waals surface area contributed by atoms with Gasteiger partial charge in [-0.25, -0.2) is 0 Å². The van der Waals surface area contributed by atoms with E-state index in [1.807, 2.05) is 0 Å². The van der Waals surface area contributed by atoms with Crippen LogP contribution in [0.3, 0.4) is 0 Å². The summed E-state index contributed by atoms with van der Waals surface area (Å²) in [5, 5.41) is 10.4. The van der Waals surface area contributed by atoms with Crippen molar-refractivity contribution in [3.8, 4) is 11.1 Å². The number of anilines is 6. The van der Waals surface area contributed by atoms with E-state index in [2.05, 4.69) is 252 Å². The normalized spacial score (nSPS) is 12.8. The highest BCUT2D eigenvalue weighted by Crippen LogP contribution is 2.45. The fourth-order valence-electron chi connectivity index (χ4n) is 9.52. The van der Waals surface area contributed by atoms with Gasteiger partial charge in [-0.2, -0.15) is 0 Å². The third kappa shape index (κ3) is 5.70. The average molecular weight is 769 g/mol. The number of benzene rings is 10. The molecule has 0 bridgehead atoms. The molecule has 2 nitrogen and oxygen atoms in total. The Labute approximate surface area is 346 Å². The number of fused-ring (bicyclic) bond motifs is 5. The van der Waals surface area contributed by atoms with Crippen molar-refractivity contribution < 1.29 is 0 Å². The quantitative estimate of drug-likeness (QED) is 0.118. The van der Waals surface area contributed by atoms with E-state index < -0.39 is 8.07 Å². The monoisotopic (exact) mass is 768 g/mol. The Balaban J connectivity index is 1.23. The van der Waals surface area contributed by atoms with Crippen LogP contribution in [0.4, 0.5) is 34.1 Å². The maximum atomic E-state index is 2.50. The third-order valence-corrected chi connectivity index (χ3v) is 16.9. The second-order valence-corrected chi connectivity index (χ2v) is 19.0. The van der Waals surface area contributed by atoms with Gasteiger partial charge in [0.25, 0.3) is 0 Å². The first kappa shape index (κ1) is 34.8. The van der Waals surface area contributed by atoms with Crippen LogP contribution in [-0.4, -0.2) is 8.07 Å². The Bertz CT molecular complexity index is 3050. The van der Waals surface area contributed by atoms with Crippen LogP contribution in [0.2, 0.25) is 0 Å². The van der Waals surface area contributed by atoms with E-state index in [-0.39, 0.29) is 0 Å². The van der Waals surface area contributed by atoms with Crippen LogP contribution in [0.5, 0.6) is 0 Å². The fraction of sp³-hybridized carbons (Fsp3) is 0. The zero-order chi connectivity index (χ0) is 39.2. The predicted octanol–water partition coefficient (Wildman–Crippen LogP) is 12.3. The second kappa shape index (κ2) is 14.5. The van der Waals surface area contributed by atoms with Crippen molar-refractivity contribution in [1.82, 2.24) is 0 Å². The van der Waals surface area contributed by atoms with E-state index in [1.165, 1.54) is 64.8 Å². The summed E-state index contributed by atoms with van der Waals surface area (Å²) in [4.78, 5) is 4.97. The number of hydrogen-bond donors (Lipinski definition) is 0. The van der Waals surface area contributed by atoms with E-state index in [0.717, 1.165) is 22.7 Å².